The molecule has 3 nitrogen and oxygen atoms in total. The van der Waals surface area contributed by atoms with Crippen LogP contribution < -0.4 is 5.73 Å². The highest BCUT2D eigenvalue weighted by molar-refractivity contribution is 5.68. The second kappa shape index (κ2) is 5.17. The lowest BCUT2D eigenvalue weighted by Gasteiger charge is -2.10. The number of aryl methyl sites for hydroxylation is 2. The van der Waals surface area contributed by atoms with E-state index in [2.05, 4.69) is 51.0 Å². The lowest BCUT2D eigenvalue weighted by molar-refractivity contribution is 0.712. The normalized spacial score (nSPS) is 11.3. The quantitative estimate of drug-likeness (QED) is 0.917. The molecule has 2 aromatic rings. The molecule has 0 fully saturated rings. The molecule has 102 valence electrons. The zero-order chi connectivity index (χ0) is 14.2. The van der Waals surface area contributed by atoms with Crippen molar-refractivity contribution in [3.63, 3.8) is 0 Å². The summed E-state index contributed by atoms with van der Waals surface area (Å²) in [5.41, 5.74) is 13.0. The van der Waals surface area contributed by atoms with Crippen LogP contribution in [-0.2, 0) is 13.6 Å². The molecule has 1 aromatic carbocycles. The molecule has 0 aliphatic heterocycles. The van der Waals surface area contributed by atoms with Gasteiger partial charge in [0, 0.05) is 19.2 Å². The molecule has 0 aliphatic rings. The smallest absolute Gasteiger partial charge is 0.0958 e. The SMILES string of the molecule is Cc1ccc(C(C)C)cc1-c1nn(C)c(CN)c1C. The number of rotatable bonds is 3. The third-order valence-electron chi connectivity index (χ3n) is 3.81. The van der Waals surface area contributed by atoms with E-state index < -0.39 is 0 Å². The molecule has 2 rings (SSSR count). The topological polar surface area (TPSA) is 43.8 Å². The van der Waals surface area contributed by atoms with Crippen molar-refractivity contribution in [1.82, 2.24) is 9.78 Å². The first-order valence-corrected chi connectivity index (χ1v) is 6.79. The van der Waals surface area contributed by atoms with Crippen molar-refractivity contribution in [2.75, 3.05) is 0 Å². The van der Waals surface area contributed by atoms with Crippen molar-refractivity contribution >= 4 is 0 Å². The second-order valence-electron chi connectivity index (χ2n) is 5.48. The van der Waals surface area contributed by atoms with Crippen molar-refractivity contribution < 1.29 is 0 Å². The van der Waals surface area contributed by atoms with Gasteiger partial charge >= 0.3 is 0 Å². The van der Waals surface area contributed by atoms with E-state index in [-0.39, 0.29) is 0 Å². The Hall–Kier alpha value is -1.61. The molecule has 0 amide bonds. The van der Waals surface area contributed by atoms with E-state index in [0.717, 1.165) is 11.4 Å². The first kappa shape index (κ1) is 13.8. The van der Waals surface area contributed by atoms with Crippen LogP contribution in [-0.4, -0.2) is 9.78 Å². The number of benzene rings is 1. The van der Waals surface area contributed by atoms with E-state index in [1.54, 1.807) is 0 Å². The largest absolute Gasteiger partial charge is 0.325 e. The Kier molecular flexibility index (Phi) is 3.76. The molecule has 0 radical (unpaired) electrons. The summed E-state index contributed by atoms with van der Waals surface area (Å²) in [6, 6.07) is 6.64. The highest BCUT2D eigenvalue weighted by atomic mass is 15.3. The van der Waals surface area contributed by atoms with Crippen LogP contribution in [0.2, 0.25) is 0 Å². The maximum absolute atomic E-state index is 5.80. The number of hydrogen-bond donors (Lipinski definition) is 1. The van der Waals surface area contributed by atoms with Crippen LogP contribution in [0.3, 0.4) is 0 Å². The van der Waals surface area contributed by atoms with Crippen LogP contribution in [0.1, 0.15) is 42.1 Å². The van der Waals surface area contributed by atoms with E-state index in [0.29, 0.717) is 12.5 Å². The molecule has 1 aromatic heterocycles. The van der Waals surface area contributed by atoms with Crippen molar-refractivity contribution in [1.29, 1.82) is 0 Å². The molecule has 0 atom stereocenters. The molecule has 0 saturated heterocycles. The summed E-state index contributed by atoms with van der Waals surface area (Å²) < 4.78 is 1.89. The van der Waals surface area contributed by atoms with E-state index in [9.17, 15) is 0 Å². The molecule has 0 saturated carbocycles. The maximum atomic E-state index is 5.80. The summed E-state index contributed by atoms with van der Waals surface area (Å²) in [4.78, 5) is 0. The van der Waals surface area contributed by atoms with Gasteiger partial charge in [-0.15, -0.1) is 0 Å². The third-order valence-corrected chi connectivity index (χ3v) is 3.81. The van der Waals surface area contributed by atoms with E-state index in [1.807, 2.05) is 11.7 Å². The van der Waals surface area contributed by atoms with Gasteiger partial charge in [-0.25, -0.2) is 0 Å². The Morgan fingerprint density at radius 1 is 1.26 bits per heavy atom. The van der Waals surface area contributed by atoms with Gasteiger partial charge in [-0.1, -0.05) is 26.0 Å². The molecular weight excluding hydrogens is 234 g/mol. The van der Waals surface area contributed by atoms with Crippen LogP contribution in [0.15, 0.2) is 18.2 Å². The van der Waals surface area contributed by atoms with Gasteiger partial charge in [0.2, 0.25) is 0 Å². The van der Waals surface area contributed by atoms with Gasteiger partial charge in [-0.3, -0.25) is 4.68 Å². The Balaban J connectivity index is 2.61. The van der Waals surface area contributed by atoms with Crippen molar-refractivity contribution in [3.05, 3.63) is 40.6 Å². The molecule has 1 heterocycles. The van der Waals surface area contributed by atoms with Gasteiger partial charge in [0.25, 0.3) is 0 Å². The summed E-state index contributed by atoms with van der Waals surface area (Å²) in [5.74, 6) is 0.525. The molecule has 0 bridgehead atoms. The third kappa shape index (κ3) is 2.43. The fraction of sp³-hybridized carbons (Fsp3) is 0.438. The average Bonchev–Trinajstić information content (AvgIpc) is 2.64. The van der Waals surface area contributed by atoms with E-state index in [1.165, 1.54) is 22.3 Å². The first-order chi connectivity index (χ1) is 8.95. The van der Waals surface area contributed by atoms with Crippen molar-refractivity contribution in [2.24, 2.45) is 12.8 Å². The summed E-state index contributed by atoms with van der Waals surface area (Å²) in [6.45, 7) is 9.19. The van der Waals surface area contributed by atoms with Gasteiger partial charge < -0.3 is 5.73 Å². The second-order valence-corrected chi connectivity index (χ2v) is 5.48. The van der Waals surface area contributed by atoms with Crippen LogP contribution in [0.25, 0.3) is 11.3 Å². The predicted octanol–water partition coefficient (Wildman–Crippen LogP) is 3.29. The van der Waals surface area contributed by atoms with Crippen LogP contribution in [0.4, 0.5) is 0 Å². The molecular formula is C16H23N3. The van der Waals surface area contributed by atoms with Crippen LogP contribution >= 0.6 is 0 Å². The summed E-state index contributed by atoms with van der Waals surface area (Å²) in [5, 5.41) is 4.65. The van der Waals surface area contributed by atoms with E-state index in [4.69, 9.17) is 5.73 Å². The highest BCUT2D eigenvalue weighted by Crippen LogP contribution is 2.30. The Labute approximate surface area is 115 Å². The summed E-state index contributed by atoms with van der Waals surface area (Å²) in [6.07, 6.45) is 0. The molecule has 0 aliphatic carbocycles. The average molecular weight is 257 g/mol. The minimum Gasteiger partial charge on any atom is -0.325 e. The monoisotopic (exact) mass is 257 g/mol. The van der Waals surface area contributed by atoms with Crippen LogP contribution in [0.5, 0.6) is 0 Å². The van der Waals surface area contributed by atoms with Crippen molar-refractivity contribution in [3.8, 4) is 11.3 Å². The fourth-order valence-corrected chi connectivity index (χ4v) is 2.46. The minimum absolute atomic E-state index is 0.525. The predicted molar refractivity (Wildman–Crippen MR) is 80.1 cm³/mol. The van der Waals surface area contributed by atoms with Gasteiger partial charge in [-0.05, 0) is 42.5 Å². The summed E-state index contributed by atoms with van der Waals surface area (Å²) in [7, 11) is 1.96. The summed E-state index contributed by atoms with van der Waals surface area (Å²) >= 11 is 0. The van der Waals surface area contributed by atoms with Crippen molar-refractivity contribution in [2.45, 2.75) is 40.2 Å². The zero-order valence-corrected chi connectivity index (χ0v) is 12.5. The van der Waals surface area contributed by atoms with Gasteiger partial charge in [-0.2, -0.15) is 5.10 Å². The van der Waals surface area contributed by atoms with Gasteiger partial charge in [0.15, 0.2) is 0 Å². The Morgan fingerprint density at radius 2 is 1.95 bits per heavy atom. The zero-order valence-electron chi connectivity index (χ0n) is 12.5. The number of aromatic nitrogens is 2. The molecule has 3 heteroatoms. The number of nitrogens with two attached hydrogens (primary N) is 1. The first-order valence-electron chi connectivity index (χ1n) is 6.79. The Morgan fingerprint density at radius 3 is 2.47 bits per heavy atom. The maximum Gasteiger partial charge on any atom is 0.0958 e. The van der Waals surface area contributed by atoms with Gasteiger partial charge in [0.05, 0.1) is 11.4 Å². The van der Waals surface area contributed by atoms with Crippen LogP contribution in [0, 0.1) is 13.8 Å². The lowest BCUT2D eigenvalue weighted by Crippen LogP contribution is -2.05. The molecule has 0 spiro atoms. The molecule has 19 heavy (non-hydrogen) atoms. The van der Waals surface area contributed by atoms with E-state index >= 15 is 0 Å². The minimum atomic E-state index is 0.525. The number of hydrogen-bond acceptors (Lipinski definition) is 2. The lowest BCUT2D eigenvalue weighted by atomic mass is 9.95. The standard InChI is InChI=1S/C16H23N3/c1-10(2)13-7-6-11(3)14(8-13)16-12(4)15(9-17)19(5)18-16/h6-8,10H,9,17H2,1-5H3. The number of nitrogens with zero attached hydrogens (tertiary/aromatic N) is 2. The molecule has 2 N–H and O–H groups in total. The van der Waals surface area contributed by atoms with Gasteiger partial charge in [0.1, 0.15) is 0 Å². The molecule has 0 unspecified atom stereocenters. The highest BCUT2D eigenvalue weighted by Gasteiger charge is 2.15. The Bertz CT molecular complexity index is 594. The fourth-order valence-electron chi connectivity index (χ4n) is 2.46.